The van der Waals surface area contributed by atoms with Crippen LogP contribution < -0.4 is 10.5 Å². The first-order chi connectivity index (χ1) is 6.85. The summed E-state index contributed by atoms with van der Waals surface area (Å²) in [5.41, 5.74) is 8.01. The fourth-order valence-corrected chi connectivity index (χ4v) is 1.85. The first-order valence-electron chi connectivity index (χ1n) is 4.96. The third kappa shape index (κ3) is 3.11. The van der Waals surface area contributed by atoms with Crippen LogP contribution in [0.3, 0.4) is 0 Å². The van der Waals surface area contributed by atoms with Crippen molar-refractivity contribution in [3.05, 3.63) is 28.3 Å². The average molecular weight is 228 g/mol. The second-order valence-corrected chi connectivity index (χ2v) is 4.95. The van der Waals surface area contributed by atoms with Gasteiger partial charge in [-0.25, -0.2) is 0 Å². The smallest absolute Gasteiger partial charge is 0.140 e. The quantitative estimate of drug-likeness (QED) is 0.862. The largest absolute Gasteiger partial charge is 0.495 e. The highest BCUT2D eigenvalue weighted by Gasteiger charge is 2.18. The lowest BCUT2D eigenvalue weighted by Gasteiger charge is -2.22. The zero-order chi connectivity index (χ0) is 11.6. The van der Waals surface area contributed by atoms with Crippen LogP contribution in [-0.2, 0) is 6.42 Å². The molecule has 0 fully saturated rings. The first-order valence-corrected chi connectivity index (χ1v) is 5.34. The van der Waals surface area contributed by atoms with Gasteiger partial charge in [-0.05, 0) is 38.8 Å². The Labute approximate surface area is 96.4 Å². The molecule has 1 aromatic rings. The van der Waals surface area contributed by atoms with Crippen LogP contribution in [0, 0.1) is 6.92 Å². The number of rotatable bonds is 3. The van der Waals surface area contributed by atoms with E-state index >= 15 is 0 Å². The van der Waals surface area contributed by atoms with E-state index in [-0.39, 0.29) is 5.54 Å². The van der Waals surface area contributed by atoms with E-state index < -0.39 is 0 Å². The topological polar surface area (TPSA) is 35.2 Å². The van der Waals surface area contributed by atoms with Gasteiger partial charge in [-0.2, -0.15) is 0 Å². The van der Waals surface area contributed by atoms with Crippen LogP contribution in [0.25, 0.3) is 0 Å². The van der Waals surface area contributed by atoms with Gasteiger partial charge in [0.1, 0.15) is 5.75 Å². The van der Waals surface area contributed by atoms with Crippen LogP contribution in [0.2, 0.25) is 5.02 Å². The van der Waals surface area contributed by atoms with Crippen molar-refractivity contribution in [1.82, 2.24) is 0 Å². The number of hydrogen-bond acceptors (Lipinski definition) is 2. The molecule has 0 heterocycles. The van der Waals surface area contributed by atoms with E-state index in [0.29, 0.717) is 5.02 Å². The maximum Gasteiger partial charge on any atom is 0.140 e. The van der Waals surface area contributed by atoms with Crippen molar-refractivity contribution in [1.29, 1.82) is 0 Å². The fourth-order valence-electron chi connectivity index (χ4n) is 1.59. The number of aryl methyl sites for hydroxylation is 1. The van der Waals surface area contributed by atoms with Gasteiger partial charge >= 0.3 is 0 Å². The molecule has 0 saturated carbocycles. The summed E-state index contributed by atoms with van der Waals surface area (Å²) in [6.07, 6.45) is 0.753. The molecule has 1 rings (SSSR count). The molecular weight excluding hydrogens is 210 g/mol. The average Bonchev–Trinajstić information content (AvgIpc) is 2.10. The van der Waals surface area contributed by atoms with E-state index in [9.17, 15) is 0 Å². The standard InChI is InChI=1S/C12H18ClNO/c1-8-5-6-10(13)11(15-4)9(8)7-12(2,3)14/h5-6H,7,14H2,1-4H3. The molecule has 0 aliphatic carbocycles. The van der Waals surface area contributed by atoms with E-state index in [1.807, 2.05) is 32.9 Å². The van der Waals surface area contributed by atoms with Gasteiger partial charge in [-0.1, -0.05) is 17.7 Å². The molecular formula is C12H18ClNO. The second kappa shape index (κ2) is 4.42. The highest BCUT2D eigenvalue weighted by molar-refractivity contribution is 6.32. The summed E-state index contributed by atoms with van der Waals surface area (Å²) in [6.45, 7) is 6.03. The maximum absolute atomic E-state index is 6.06. The lowest BCUT2D eigenvalue weighted by molar-refractivity contribution is 0.402. The molecule has 15 heavy (non-hydrogen) atoms. The van der Waals surface area contributed by atoms with Gasteiger partial charge in [0.15, 0.2) is 0 Å². The number of benzene rings is 1. The van der Waals surface area contributed by atoms with Gasteiger partial charge in [0, 0.05) is 11.1 Å². The molecule has 0 amide bonds. The van der Waals surface area contributed by atoms with Gasteiger partial charge in [0.2, 0.25) is 0 Å². The summed E-state index contributed by atoms with van der Waals surface area (Å²) in [4.78, 5) is 0. The Balaban J connectivity index is 3.20. The Bertz CT molecular complexity index is 355. The third-order valence-electron chi connectivity index (χ3n) is 2.28. The molecule has 0 bridgehead atoms. The summed E-state index contributed by atoms with van der Waals surface area (Å²) in [6, 6.07) is 3.84. The van der Waals surface area contributed by atoms with Crippen molar-refractivity contribution in [3.63, 3.8) is 0 Å². The number of nitrogens with two attached hydrogens (primary N) is 1. The monoisotopic (exact) mass is 227 g/mol. The molecule has 0 aliphatic heterocycles. The van der Waals surface area contributed by atoms with E-state index in [2.05, 4.69) is 0 Å². The van der Waals surface area contributed by atoms with Crippen molar-refractivity contribution >= 4 is 11.6 Å². The molecule has 0 aliphatic rings. The first kappa shape index (κ1) is 12.3. The minimum Gasteiger partial charge on any atom is -0.495 e. The highest BCUT2D eigenvalue weighted by atomic mass is 35.5. The van der Waals surface area contributed by atoms with Crippen LogP contribution in [0.15, 0.2) is 12.1 Å². The van der Waals surface area contributed by atoms with Crippen molar-refractivity contribution < 1.29 is 4.74 Å². The predicted octanol–water partition coefficient (Wildman–Crippen LogP) is 2.94. The molecule has 1 aromatic carbocycles. The van der Waals surface area contributed by atoms with Crippen molar-refractivity contribution in [2.75, 3.05) is 7.11 Å². The molecule has 0 atom stereocenters. The molecule has 0 unspecified atom stereocenters. The predicted molar refractivity (Wildman–Crippen MR) is 64.7 cm³/mol. The minimum absolute atomic E-state index is 0.261. The summed E-state index contributed by atoms with van der Waals surface area (Å²) in [5.74, 6) is 0.746. The van der Waals surface area contributed by atoms with Crippen molar-refractivity contribution in [3.8, 4) is 5.75 Å². The van der Waals surface area contributed by atoms with Gasteiger partial charge < -0.3 is 10.5 Å². The number of hydrogen-bond donors (Lipinski definition) is 1. The minimum atomic E-state index is -0.261. The van der Waals surface area contributed by atoms with Gasteiger partial charge in [-0.15, -0.1) is 0 Å². The summed E-state index contributed by atoms with van der Waals surface area (Å²) >= 11 is 6.06. The second-order valence-electron chi connectivity index (χ2n) is 4.54. The molecule has 3 heteroatoms. The highest BCUT2D eigenvalue weighted by Crippen LogP contribution is 2.32. The Hall–Kier alpha value is -0.730. The number of methoxy groups -OCH3 is 1. The molecule has 0 radical (unpaired) electrons. The Morgan fingerprint density at radius 3 is 2.47 bits per heavy atom. The molecule has 2 N–H and O–H groups in total. The molecule has 0 aromatic heterocycles. The van der Waals surface area contributed by atoms with E-state index in [4.69, 9.17) is 22.1 Å². The van der Waals surface area contributed by atoms with Crippen molar-refractivity contribution in [2.24, 2.45) is 5.73 Å². The van der Waals surface area contributed by atoms with Crippen LogP contribution in [0.1, 0.15) is 25.0 Å². The Morgan fingerprint density at radius 1 is 1.40 bits per heavy atom. The van der Waals surface area contributed by atoms with Crippen LogP contribution in [-0.4, -0.2) is 12.6 Å². The van der Waals surface area contributed by atoms with E-state index in [0.717, 1.165) is 23.3 Å². The zero-order valence-corrected chi connectivity index (χ0v) is 10.5. The van der Waals surface area contributed by atoms with Gasteiger partial charge in [-0.3, -0.25) is 0 Å². The maximum atomic E-state index is 6.06. The van der Waals surface area contributed by atoms with Crippen molar-refractivity contribution in [2.45, 2.75) is 32.7 Å². The SMILES string of the molecule is COc1c(Cl)ccc(C)c1CC(C)(C)N. The fraction of sp³-hybridized carbons (Fsp3) is 0.500. The van der Waals surface area contributed by atoms with E-state index in [1.54, 1.807) is 7.11 Å². The Morgan fingerprint density at radius 2 is 2.00 bits per heavy atom. The normalized spacial score (nSPS) is 11.6. The molecule has 2 nitrogen and oxygen atoms in total. The summed E-state index contributed by atoms with van der Waals surface area (Å²) in [7, 11) is 1.63. The lowest BCUT2D eigenvalue weighted by Crippen LogP contribution is -2.34. The lowest BCUT2D eigenvalue weighted by atomic mass is 9.92. The number of halogens is 1. The molecule has 0 saturated heterocycles. The van der Waals surface area contributed by atoms with Crippen LogP contribution in [0.5, 0.6) is 5.75 Å². The molecule has 84 valence electrons. The van der Waals surface area contributed by atoms with Gasteiger partial charge in [0.25, 0.3) is 0 Å². The van der Waals surface area contributed by atoms with Gasteiger partial charge in [0.05, 0.1) is 12.1 Å². The summed E-state index contributed by atoms with van der Waals surface area (Å²) < 4.78 is 5.32. The van der Waals surface area contributed by atoms with Crippen LogP contribution in [0.4, 0.5) is 0 Å². The number of ether oxygens (including phenoxy) is 1. The Kier molecular flexibility index (Phi) is 3.63. The summed E-state index contributed by atoms with van der Waals surface area (Å²) in [5, 5.41) is 0.641. The third-order valence-corrected chi connectivity index (χ3v) is 2.58. The van der Waals surface area contributed by atoms with Crippen LogP contribution >= 0.6 is 11.6 Å². The zero-order valence-electron chi connectivity index (χ0n) is 9.73. The van der Waals surface area contributed by atoms with E-state index in [1.165, 1.54) is 0 Å². The molecule has 0 spiro atoms.